The summed E-state index contributed by atoms with van der Waals surface area (Å²) in [5, 5.41) is 4.40. The molecule has 1 aliphatic heterocycles. The average Bonchev–Trinajstić information content (AvgIpc) is 2.39. The highest BCUT2D eigenvalue weighted by Gasteiger charge is 2.17. The van der Waals surface area contributed by atoms with Gasteiger partial charge in [-0.3, -0.25) is 0 Å². The zero-order valence-corrected chi connectivity index (χ0v) is 11.6. The van der Waals surface area contributed by atoms with Gasteiger partial charge in [-0.1, -0.05) is 37.6 Å². The molecule has 0 amide bonds. The Morgan fingerprint density at radius 3 is 2.88 bits per heavy atom. The zero-order valence-electron chi connectivity index (χ0n) is 10.8. The molecule has 94 valence electrons. The molecule has 1 aromatic carbocycles. The summed E-state index contributed by atoms with van der Waals surface area (Å²) in [5.74, 6) is 1.20. The quantitative estimate of drug-likeness (QED) is 0.844. The topological polar surface area (TPSA) is 12.0 Å². The van der Waals surface area contributed by atoms with Gasteiger partial charge in [0, 0.05) is 11.6 Å². The van der Waals surface area contributed by atoms with Crippen LogP contribution in [0.15, 0.2) is 18.2 Å². The Labute approximate surface area is 110 Å². The summed E-state index contributed by atoms with van der Waals surface area (Å²) < 4.78 is 0. The minimum Gasteiger partial charge on any atom is -0.316 e. The Morgan fingerprint density at radius 2 is 2.29 bits per heavy atom. The predicted octanol–water partition coefficient (Wildman–Crippen LogP) is 4.32. The van der Waals surface area contributed by atoms with E-state index >= 15 is 0 Å². The normalized spacial score (nSPS) is 22.4. The van der Waals surface area contributed by atoms with Crippen LogP contribution < -0.4 is 5.32 Å². The maximum absolute atomic E-state index is 6.40. The van der Waals surface area contributed by atoms with Gasteiger partial charge in [-0.15, -0.1) is 0 Å². The van der Waals surface area contributed by atoms with Gasteiger partial charge in [-0.2, -0.15) is 0 Å². The first-order valence-corrected chi connectivity index (χ1v) is 7.10. The Kier molecular flexibility index (Phi) is 4.47. The molecule has 1 nitrogen and oxygen atoms in total. The SMILES string of the molecule is CCC(C)c1ccc(C2CCCNC2)cc1Cl. The lowest BCUT2D eigenvalue weighted by Gasteiger charge is -2.24. The summed E-state index contributed by atoms with van der Waals surface area (Å²) in [4.78, 5) is 0. The molecule has 2 atom stereocenters. The van der Waals surface area contributed by atoms with E-state index in [9.17, 15) is 0 Å². The van der Waals surface area contributed by atoms with Crippen molar-refractivity contribution in [2.45, 2.75) is 44.9 Å². The number of nitrogens with one attached hydrogen (secondary N) is 1. The van der Waals surface area contributed by atoms with Gasteiger partial charge < -0.3 is 5.32 Å². The van der Waals surface area contributed by atoms with Gasteiger partial charge in [0.05, 0.1) is 0 Å². The third-order valence-electron chi connectivity index (χ3n) is 3.94. The molecule has 17 heavy (non-hydrogen) atoms. The molecule has 0 aliphatic carbocycles. The van der Waals surface area contributed by atoms with E-state index in [2.05, 4.69) is 37.4 Å². The van der Waals surface area contributed by atoms with Crippen molar-refractivity contribution in [1.29, 1.82) is 0 Å². The van der Waals surface area contributed by atoms with Crippen molar-refractivity contribution in [3.63, 3.8) is 0 Å². The van der Waals surface area contributed by atoms with Gasteiger partial charge in [0.1, 0.15) is 0 Å². The Balaban J connectivity index is 2.17. The van der Waals surface area contributed by atoms with E-state index in [1.165, 1.54) is 24.0 Å². The number of piperidine rings is 1. The Morgan fingerprint density at radius 1 is 1.47 bits per heavy atom. The monoisotopic (exact) mass is 251 g/mol. The highest BCUT2D eigenvalue weighted by Crippen LogP contribution is 2.31. The summed E-state index contributed by atoms with van der Waals surface area (Å²) in [7, 11) is 0. The molecular weight excluding hydrogens is 230 g/mol. The van der Waals surface area contributed by atoms with Crippen LogP contribution in [0.3, 0.4) is 0 Å². The molecule has 2 heteroatoms. The molecule has 0 spiro atoms. The zero-order chi connectivity index (χ0) is 12.3. The lowest BCUT2D eigenvalue weighted by molar-refractivity contribution is 0.461. The predicted molar refractivity (Wildman–Crippen MR) is 75.0 cm³/mol. The van der Waals surface area contributed by atoms with E-state index in [0.717, 1.165) is 24.5 Å². The molecule has 0 bridgehead atoms. The van der Waals surface area contributed by atoms with E-state index in [-0.39, 0.29) is 0 Å². The van der Waals surface area contributed by atoms with Gasteiger partial charge in [-0.05, 0) is 54.8 Å². The summed E-state index contributed by atoms with van der Waals surface area (Å²) in [5.41, 5.74) is 2.69. The standard InChI is InChI=1S/C15H22ClN/c1-3-11(2)14-7-6-12(9-15(14)16)13-5-4-8-17-10-13/h6-7,9,11,13,17H,3-5,8,10H2,1-2H3. The van der Waals surface area contributed by atoms with Crippen LogP contribution in [0.25, 0.3) is 0 Å². The van der Waals surface area contributed by atoms with Crippen molar-refractivity contribution >= 4 is 11.6 Å². The minimum atomic E-state index is 0.557. The van der Waals surface area contributed by atoms with Crippen LogP contribution in [0.5, 0.6) is 0 Å². The highest BCUT2D eigenvalue weighted by molar-refractivity contribution is 6.31. The molecule has 1 N–H and O–H groups in total. The third kappa shape index (κ3) is 3.02. The van der Waals surface area contributed by atoms with E-state index in [0.29, 0.717) is 11.8 Å². The molecule has 1 saturated heterocycles. The van der Waals surface area contributed by atoms with E-state index in [1.807, 2.05) is 0 Å². The van der Waals surface area contributed by atoms with E-state index in [1.54, 1.807) is 0 Å². The lowest BCUT2D eigenvalue weighted by Crippen LogP contribution is -2.28. The van der Waals surface area contributed by atoms with Crippen molar-refractivity contribution in [1.82, 2.24) is 5.32 Å². The van der Waals surface area contributed by atoms with Crippen molar-refractivity contribution in [3.8, 4) is 0 Å². The first kappa shape index (κ1) is 12.9. The molecule has 2 rings (SSSR count). The first-order valence-electron chi connectivity index (χ1n) is 6.72. The van der Waals surface area contributed by atoms with Crippen LogP contribution >= 0.6 is 11.6 Å². The fraction of sp³-hybridized carbons (Fsp3) is 0.600. The van der Waals surface area contributed by atoms with Gasteiger partial charge in [0.15, 0.2) is 0 Å². The number of benzene rings is 1. The molecule has 0 saturated carbocycles. The molecule has 0 radical (unpaired) electrons. The average molecular weight is 252 g/mol. The molecule has 1 aliphatic rings. The highest BCUT2D eigenvalue weighted by atomic mass is 35.5. The van der Waals surface area contributed by atoms with Gasteiger partial charge >= 0.3 is 0 Å². The van der Waals surface area contributed by atoms with Gasteiger partial charge in [-0.25, -0.2) is 0 Å². The fourth-order valence-corrected chi connectivity index (χ4v) is 2.93. The summed E-state index contributed by atoms with van der Waals surface area (Å²) in [6.45, 7) is 6.71. The second kappa shape index (κ2) is 5.88. The van der Waals surface area contributed by atoms with Crippen LogP contribution in [-0.4, -0.2) is 13.1 Å². The largest absolute Gasteiger partial charge is 0.316 e. The number of hydrogen-bond acceptors (Lipinski definition) is 1. The Hall–Kier alpha value is -0.530. The van der Waals surface area contributed by atoms with Crippen LogP contribution in [0, 0.1) is 0 Å². The molecule has 1 fully saturated rings. The van der Waals surface area contributed by atoms with Crippen LogP contribution in [0.2, 0.25) is 5.02 Å². The van der Waals surface area contributed by atoms with Crippen LogP contribution in [0.1, 0.15) is 56.1 Å². The van der Waals surface area contributed by atoms with Crippen molar-refractivity contribution in [3.05, 3.63) is 34.3 Å². The summed E-state index contributed by atoms with van der Waals surface area (Å²) in [6, 6.07) is 6.67. The van der Waals surface area contributed by atoms with Crippen LogP contribution in [0.4, 0.5) is 0 Å². The molecule has 1 aromatic rings. The second-order valence-corrected chi connectivity index (χ2v) is 5.54. The van der Waals surface area contributed by atoms with Gasteiger partial charge in [0.25, 0.3) is 0 Å². The molecular formula is C15H22ClN. The van der Waals surface area contributed by atoms with E-state index < -0.39 is 0 Å². The van der Waals surface area contributed by atoms with E-state index in [4.69, 9.17) is 11.6 Å². The van der Waals surface area contributed by atoms with Crippen molar-refractivity contribution < 1.29 is 0 Å². The minimum absolute atomic E-state index is 0.557. The summed E-state index contributed by atoms with van der Waals surface area (Å²) in [6.07, 6.45) is 3.70. The molecule has 0 aromatic heterocycles. The van der Waals surface area contributed by atoms with Gasteiger partial charge in [0.2, 0.25) is 0 Å². The third-order valence-corrected chi connectivity index (χ3v) is 4.26. The fourth-order valence-electron chi connectivity index (χ4n) is 2.55. The number of halogens is 1. The maximum atomic E-state index is 6.40. The molecule has 1 heterocycles. The van der Waals surface area contributed by atoms with Crippen LogP contribution in [-0.2, 0) is 0 Å². The van der Waals surface area contributed by atoms with Crippen molar-refractivity contribution in [2.75, 3.05) is 13.1 Å². The lowest BCUT2D eigenvalue weighted by atomic mass is 9.89. The number of hydrogen-bond donors (Lipinski definition) is 1. The first-order chi connectivity index (χ1) is 8.22. The van der Waals surface area contributed by atoms with Crippen molar-refractivity contribution in [2.24, 2.45) is 0 Å². The molecule has 2 unspecified atom stereocenters. The summed E-state index contributed by atoms with van der Waals surface area (Å²) >= 11 is 6.40. The Bertz CT molecular complexity index is 369. The number of rotatable bonds is 3. The smallest absolute Gasteiger partial charge is 0.0443 e. The second-order valence-electron chi connectivity index (χ2n) is 5.13. The maximum Gasteiger partial charge on any atom is 0.0443 e.